The summed E-state index contributed by atoms with van der Waals surface area (Å²) in [6.45, 7) is 3.97. The van der Waals surface area contributed by atoms with Crippen LogP contribution in [0.4, 0.5) is 10.1 Å². The molecule has 0 fully saturated rings. The number of ether oxygens (including phenoxy) is 2. The van der Waals surface area contributed by atoms with Gasteiger partial charge in [-0.25, -0.2) is 4.39 Å². The van der Waals surface area contributed by atoms with Crippen LogP contribution in [-0.4, -0.2) is 18.6 Å². The van der Waals surface area contributed by atoms with Crippen LogP contribution >= 0.6 is 11.6 Å². The van der Waals surface area contributed by atoms with Crippen molar-refractivity contribution in [2.75, 3.05) is 12.1 Å². The molecule has 1 aliphatic rings. The first-order chi connectivity index (χ1) is 15.8. The summed E-state index contributed by atoms with van der Waals surface area (Å²) >= 11 is 5.82. The van der Waals surface area contributed by atoms with Crippen molar-refractivity contribution in [3.05, 3.63) is 93.4 Å². The Hall–Kier alpha value is -3.84. The zero-order valence-electron chi connectivity index (χ0n) is 17.9. The molecule has 1 heterocycles. The Kier molecular flexibility index (Phi) is 6.33. The lowest BCUT2D eigenvalue weighted by molar-refractivity contribution is -0.113. The van der Waals surface area contributed by atoms with Crippen LogP contribution < -0.4 is 20.1 Å². The van der Waals surface area contributed by atoms with Crippen molar-refractivity contribution < 1.29 is 23.5 Å². The number of carbonyl (C=O) groups is 2. The molecular formula is C25H20ClFN2O4. The lowest BCUT2D eigenvalue weighted by atomic mass is 10.1. The van der Waals surface area contributed by atoms with Crippen molar-refractivity contribution in [2.45, 2.75) is 13.8 Å². The number of benzene rings is 3. The molecule has 3 aromatic carbocycles. The van der Waals surface area contributed by atoms with Crippen LogP contribution in [0.3, 0.4) is 0 Å². The third kappa shape index (κ3) is 5.15. The first-order valence-corrected chi connectivity index (χ1v) is 10.4. The van der Waals surface area contributed by atoms with Gasteiger partial charge in [0.05, 0.1) is 5.02 Å². The van der Waals surface area contributed by atoms with E-state index in [0.717, 1.165) is 17.2 Å². The second kappa shape index (κ2) is 9.34. The molecule has 8 heteroatoms. The van der Waals surface area contributed by atoms with Crippen molar-refractivity contribution >= 4 is 35.2 Å². The Morgan fingerprint density at radius 3 is 2.52 bits per heavy atom. The van der Waals surface area contributed by atoms with E-state index in [1.54, 1.807) is 30.3 Å². The van der Waals surface area contributed by atoms with E-state index in [2.05, 4.69) is 10.6 Å². The Balaban J connectivity index is 1.64. The highest BCUT2D eigenvalue weighted by atomic mass is 35.5. The Morgan fingerprint density at radius 2 is 1.76 bits per heavy atom. The van der Waals surface area contributed by atoms with Gasteiger partial charge in [0, 0.05) is 11.3 Å². The van der Waals surface area contributed by atoms with E-state index in [0.29, 0.717) is 22.6 Å². The molecule has 33 heavy (non-hydrogen) atoms. The van der Waals surface area contributed by atoms with Gasteiger partial charge in [-0.3, -0.25) is 9.59 Å². The molecule has 0 saturated heterocycles. The van der Waals surface area contributed by atoms with Gasteiger partial charge in [-0.15, -0.1) is 0 Å². The average Bonchev–Trinajstić information content (AvgIpc) is 3.25. The van der Waals surface area contributed by atoms with Crippen LogP contribution in [0.15, 0.2) is 60.3 Å². The van der Waals surface area contributed by atoms with Gasteiger partial charge in [-0.2, -0.15) is 0 Å². The molecule has 0 unspecified atom stereocenters. The van der Waals surface area contributed by atoms with Crippen LogP contribution in [-0.2, 0) is 4.79 Å². The summed E-state index contributed by atoms with van der Waals surface area (Å²) in [6.07, 6.45) is 1.52. The number of nitrogens with one attached hydrogen (secondary N) is 2. The van der Waals surface area contributed by atoms with Crippen LogP contribution in [0.25, 0.3) is 6.08 Å². The van der Waals surface area contributed by atoms with Gasteiger partial charge in [-0.05, 0) is 79.1 Å². The van der Waals surface area contributed by atoms with Crippen LogP contribution in [0.2, 0.25) is 5.02 Å². The largest absolute Gasteiger partial charge is 0.454 e. The average molecular weight is 467 g/mol. The topological polar surface area (TPSA) is 76.7 Å². The molecule has 0 bridgehead atoms. The smallest absolute Gasteiger partial charge is 0.272 e. The Bertz CT molecular complexity index is 1290. The molecule has 2 amide bonds. The van der Waals surface area contributed by atoms with E-state index in [4.69, 9.17) is 21.1 Å². The van der Waals surface area contributed by atoms with Gasteiger partial charge < -0.3 is 20.1 Å². The first kappa shape index (κ1) is 22.4. The molecule has 168 valence electrons. The van der Waals surface area contributed by atoms with Crippen molar-refractivity contribution in [3.63, 3.8) is 0 Å². The second-order valence-corrected chi connectivity index (χ2v) is 7.91. The highest BCUT2D eigenvalue weighted by Crippen LogP contribution is 2.33. The van der Waals surface area contributed by atoms with Gasteiger partial charge in [0.25, 0.3) is 11.8 Å². The molecule has 0 saturated carbocycles. The van der Waals surface area contributed by atoms with Crippen LogP contribution in [0.1, 0.15) is 27.0 Å². The molecule has 4 rings (SSSR count). The zero-order chi connectivity index (χ0) is 23.5. The maximum absolute atomic E-state index is 13.5. The van der Waals surface area contributed by atoms with E-state index >= 15 is 0 Å². The van der Waals surface area contributed by atoms with E-state index in [1.165, 1.54) is 18.2 Å². The molecule has 0 atom stereocenters. The van der Waals surface area contributed by atoms with Crippen molar-refractivity contribution in [1.82, 2.24) is 5.32 Å². The maximum Gasteiger partial charge on any atom is 0.272 e. The zero-order valence-corrected chi connectivity index (χ0v) is 18.6. The summed E-state index contributed by atoms with van der Waals surface area (Å²) in [5, 5.41) is 5.17. The number of amides is 2. The summed E-state index contributed by atoms with van der Waals surface area (Å²) in [7, 11) is 0. The third-order valence-corrected chi connectivity index (χ3v) is 5.44. The highest BCUT2D eigenvalue weighted by Gasteiger charge is 2.18. The minimum absolute atomic E-state index is 0.0162. The maximum atomic E-state index is 13.5. The van der Waals surface area contributed by atoms with E-state index in [9.17, 15) is 14.0 Å². The number of fused-ring (bicyclic) bond motifs is 1. The van der Waals surface area contributed by atoms with E-state index < -0.39 is 17.6 Å². The minimum Gasteiger partial charge on any atom is -0.454 e. The fourth-order valence-corrected chi connectivity index (χ4v) is 3.36. The van der Waals surface area contributed by atoms with Crippen LogP contribution in [0.5, 0.6) is 11.5 Å². The number of carbonyl (C=O) groups excluding carboxylic acids is 2. The van der Waals surface area contributed by atoms with Crippen LogP contribution in [0, 0.1) is 19.7 Å². The summed E-state index contributed by atoms with van der Waals surface area (Å²) in [6, 6.07) is 14.2. The van der Waals surface area contributed by atoms with E-state index in [1.807, 2.05) is 19.9 Å². The quantitative estimate of drug-likeness (QED) is 0.504. The van der Waals surface area contributed by atoms with E-state index in [-0.39, 0.29) is 23.2 Å². The summed E-state index contributed by atoms with van der Waals surface area (Å²) in [4.78, 5) is 26.0. The predicted octanol–water partition coefficient (Wildman–Crippen LogP) is 5.23. The fourth-order valence-electron chi connectivity index (χ4n) is 3.18. The summed E-state index contributed by atoms with van der Waals surface area (Å²) in [5.74, 6) is -0.522. The molecule has 6 nitrogen and oxygen atoms in total. The third-order valence-electron chi connectivity index (χ3n) is 5.15. The molecule has 0 spiro atoms. The minimum atomic E-state index is -0.604. The summed E-state index contributed by atoms with van der Waals surface area (Å²) < 4.78 is 24.2. The number of hydrogen-bond donors (Lipinski definition) is 2. The molecule has 1 aliphatic heterocycles. The van der Waals surface area contributed by atoms with Gasteiger partial charge in [0.15, 0.2) is 11.5 Å². The molecule has 0 radical (unpaired) electrons. The lowest BCUT2D eigenvalue weighted by Gasteiger charge is -2.12. The van der Waals surface area contributed by atoms with Gasteiger partial charge in [0.2, 0.25) is 6.79 Å². The predicted molar refractivity (Wildman–Crippen MR) is 124 cm³/mol. The molecule has 3 aromatic rings. The summed E-state index contributed by atoms with van der Waals surface area (Å²) in [5.41, 5.74) is 3.29. The highest BCUT2D eigenvalue weighted by molar-refractivity contribution is 6.31. The van der Waals surface area contributed by atoms with Gasteiger partial charge in [0.1, 0.15) is 11.5 Å². The number of rotatable bonds is 5. The van der Waals surface area contributed by atoms with Crippen molar-refractivity contribution in [1.29, 1.82) is 0 Å². The van der Waals surface area contributed by atoms with Crippen molar-refractivity contribution in [3.8, 4) is 11.5 Å². The number of anilines is 1. The number of halogens is 2. The molecule has 2 N–H and O–H groups in total. The molecule has 0 aliphatic carbocycles. The SMILES string of the molecule is Cc1ccc(C(=O)NC(=Cc2ccc3c(c2)OCO3)C(=O)Nc2ccc(F)c(Cl)c2)cc1C. The van der Waals surface area contributed by atoms with Gasteiger partial charge >= 0.3 is 0 Å². The Morgan fingerprint density at radius 1 is 0.970 bits per heavy atom. The molecule has 0 aromatic heterocycles. The first-order valence-electron chi connectivity index (χ1n) is 10.1. The normalized spacial score (nSPS) is 12.4. The standard InChI is InChI=1S/C25H20ClFN2O4/c1-14-3-5-17(9-15(14)2)24(30)29-21(10-16-4-8-22-23(11-16)33-13-32-22)25(31)28-18-6-7-20(27)19(26)12-18/h3-12H,13H2,1-2H3,(H,28,31)(H,29,30). The number of aryl methyl sites for hydroxylation is 2. The van der Waals surface area contributed by atoms with Gasteiger partial charge in [-0.1, -0.05) is 23.7 Å². The number of hydrogen-bond acceptors (Lipinski definition) is 4. The lowest BCUT2D eigenvalue weighted by Crippen LogP contribution is -2.30. The Labute approximate surface area is 195 Å². The fraction of sp³-hybridized carbons (Fsp3) is 0.120. The molecular weight excluding hydrogens is 447 g/mol. The monoisotopic (exact) mass is 466 g/mol. The second-order valence-electron chi connectivity index (χ2n) is 7.51. The van der Waals surface area contributed by atoms with Crippen molar-refractivity contribution in [2.24, 2.45) is 0 Å².